The van der Waals surface area contributed by atoms with Crippen LogP contribution in [0.25, 0.3) is 55.6 Å². The summed E-state index contributed by atoms with van der Waals surface area (Å²) >= 11 is 0. The second kappa shape index (κ2) is 11.6. The molecule has 0 radical (unpaired) electrons. The van der Waals surface area contributed by atoms with Gasteiger partial charge in [-0.05, 0) is 34.4 Å². The molecule has 0 unspecified atom stereocenters. The van der Waals surface area contributed by atoms with Crippen molar-refractivity contribution in [2.75, 3.05) is 25.7 Å². The molecule has 0 heterocycles. The molecule has 0 aliphatic rings. The van der Waals surface area contributed by atoms with Crippen molar-refractivity contribution in [3.63, 3.8) is 0 Å². The minimum absolute atomic E-state index is 0.493. The van der Waals surface area contributed by atoms with Crippen molar-refractivity contribution >= 4 is 11.4 Å². The molecule has 6 aromatic carbocycles. The summed E-state index contributed by atoms with van der Waals surface area (Å²) in [6, 6.07) is 45.3. The summed E-state index contributed by atoms with van der Waals surface area (Å²) in [7, 11) is 3.26. The zero-order valence-electron chi connectivity index (χ0n) is 23.7. The molecule has 0 amide bonds. The Morgan fingerprint density at radius 3 is 1.10 bits per heavy atom. The number of rotatable bonds is 7. The Hall–Kier alpha value is -5.48. The lowest BCUT2D eigenvalue weighted by Gasteiger charge is -2.28. The third-order valence-electron chi connectivity index (χ3n) is 7.61. The molecule has 4 heteroatoms. The molecule has 0 bridgehead atoms. The Bertz CT molecular complexity index is 1730. The van der Waals surface area contributed by atoms with Gasteiger partial charge in [-0.1, -0.05) is 121 Å². The van der Waals surface area contributed by atoms with Gasteiger partial charge >= 0.3 is 0 Å². The van der Waals surface area contributed by atoms with Gasteiger partial charge in [0, 0.05) is 39.1 Å². The maximum absolute atomic E-state index is 7.35. The van der Waals surface area contributed by atoms with Crippen molar-refractivity contribution < 1.29 is 9.47 Å². The third kappa shape index (κ3) is 4.63. The zero-order chi connectivity index (χ0) is 29.1. The fourth-order valence-corrected chi connectivity index (χ4v) is 5.82. The molecule has 6 rings (SSSR count). The molecule has 0 fully saturated rings. The first-order valence-corrected chi connectivity index (χ1v) is 13.9. The Kier molecular flexibility index (Phi) is 7.35. The molecule has 0 saturated carbocycles. The molecule has 0 spiro atoms. The van der Waals surface area contributed by atoms with Gasteiger partial charge in [0.25, 0.3) is 0 Å². The Morgan fingerprint density at radius 1 is 0.381 bits per heavy atom. The van der Waals surface area contributed by atoms with Crippen LogP contribution >= 0.6 is 0 Å². The summed E-state index contributed by atoms with van der Waals surface area (Å²) in [6.07, 6.45) is 0. The van der Waals surface area contributed by atoms with Crippen LogP contribution in [0.4, 0.5) is 11.4 Å². The molecule has 4 N–H and O–H groups in total. The summed E-state index contributed by atoms with van der Waals surface area (Å²) in [5, 5.41) is 0. The number of hydrogen-bond acceptors (Lipinski definition) is 4. The zero-order valence-corrected chi connectivity index (χ0v) is 23.7. The largest absolute Gasteiger partial charge is 0.492 e. The van der Waals surface area contributed by atoms with Crippen LogP contribution in [0, 0.1) is 0 Å². The van der Waals surface area contributed by atoms with E-state index in [0.717, 1.165) is 55.6 Å². The van der Waals surface area contributed by atoms with Crippen LogP contribution in [-0.4, -0.2) is 14.2 Å². The van der Waals surface area contributed by atoms with Crippen LogP contribution < -0.4 is 20.9 Å². The van der Waals surface area contributed by atoms with Crippen LogP contribution in [0.1, 0.15) is 0 Å². The highest BCUT2D eigenvalue weighted by atomic mass is 16.5. The van der Waals surface area contributed by atoms with Gasteiger partial charge in [-0.15, -0.1) is 0 Å². The average molecular weight is 549 g/mol. The fraction of sp³-hybridized carbons (Fsp3) is 0.0526. The summed E-state index contributed by atoms with van der Waals surface area (Å²) < 4.78 is 11.9. The number of nitrogen functional groups attached to an aromatic ring is 2. The van der Waals surface area contributed by atoms with Gasteiger partial charge in [-0.25, -0.2) is 0 Å². The smallest absolute Gasteiger partial charge is 0.184 e. The average Bonchev–Trinajstić information content (AvgIpc) is 3.05. The summed E-state index contributed by atoms with van der Waals surface area (Å²) in [4.78, 5) is 0. The quantitative estimate of drug-likeness (QED) is 0.195. The van der Waals surface area contributed by atoms with Gasteiger partial charge < -0.3 is 20.9 Å². The summed E-state index contributed by atoms with van der Waals surface area (Å²) in [5.74, 6) is 1.06. The van der Waals surface area contributed by atoms with Crippen molar-refractivity contribution in [1.29, 1.82) is 0 Å². The van der Waals surface area contributed by atoms with Crippen molar-refractivity contribution in [3.8, 4) is 67.1 Å². The van der Waals surface area contributed by atoms with Gasteiger partial charge in [-0.3, -0.25) is 0 Å². The van der Waals surface area contributed by atoms with Gasteiger partial charge in [0.2, 0.25) is 0 Å². The molecule has 0 aromatic heterocycles. The first-order valence-electron chi connectivity index (χ1n) is 13.9. The van der Waals surface area contributed by atoms with E-state index in [1.807, 2.05) is 60.7 Å². The second-order valence-electron chi connectivity index (χ2n) is 10.0. The van der Waals surface area contributed by atoms with Crippen molar-refractivity contribution in [2.45, 2.75) is 0 Å². The number of hydrogen-bond donors (Lipinski definition) is 2. The van der Waals surface area contributed by atoms with Gasteiger partial charge in [0.1, 0.15) is 0 Å². The second-order valence-corrected chi connectivity index (χ2v) is 10.0. The first-order chi connectivity index (χ1) is 20.6. The van der Waals surface area contributed by atoms with E-state index in [1.165, 1.54) is 0 Å². The highest BCUT2D eigenvalue weighted by molar-refractivity contribution is 6.14. The standard InChI is InChI=1S/C38H32N2O2/c1-41-37-29(23-24-30(39)38(37)42-2)35-31(25-15-7-3-8-16-25)33(27-19-11-5-12-20-27)36(40)34(28-21-13-6-14-22-28)32(35)26-17-9-4-10-18-26/h3-24H,39-40H2,1-2H3. The predicted molar refractivity (Wildman–Crippen MR) is 176 cm³/mol. The molecular formula is C38H32N2O2. The summed E-state index contributed by atoms with van der Waals surface area (Å²) in [6.45, 7) is 0. The highest BCUT2D eigenvalue weighted by Crippen LogP contribution is 2.56. The maximum Gasteiger partial charge on any atom is 0.184 e. The Labute approximate surface area is 246 Å². The van der Waals surface area contributed by atoms with Crippen molar-refractivity contribution in [2.24, 2.45) is 0 Å². The highest BCUT2D eigenvalue weighted by Gasteiger charge is 2.29. The fourth-order valence-electron chi connectivity index (χ4n) is 5.82. The molecule has 206 valence electrons. The van der Waals surface area contributed by atoms with Gasteiger partial charge in [0.05, 0.1) is 19.9 Å². The number of benzene rings is 6. The molecule has 0 atom stereocenters. The third-order valence-corrected chi connectivity index (χ3v) is 7.61. The molecule has 0 aliphatic carbocycles. The van der Waals surface area contributed by atoms with Crippen LogP contribution in [0.2, 0.25) is 0 Å². The van der Waals surface area contributed by atoms with Crippen LogP contribution in [0.3, 0.4) is 0 Å². The monoisotopic (exact) mass is 548 g/mol. The van der Waals surface area contributed by atoms with E-state index in [1.54, 1.807) is 14.2 Å². The van der Waals surface area contributed by atoms with Gasteiger partial charge in [-0.2, -0.15) is 0 Å². The lowest BCUT2D eigenvalue weighted by atomic mass is 9.77. The van der Waals surface area contributed by atoms with Crippen LogP contribution in [0.15, 0.2) is 133 Å². The van der Waals surface area contributed by atoms with Gasteiger partial charge in [0.15, 0.2) is 11.5 Å². The minimum atomic E-state index is 0.493. The topological polar surface area (TPSA) is 70.5 Å². The van der Waals surface area contributed by atoms with E-state index >= 15 is 0 Å². The first kappa shape index (κ1) is 26.7. The van der Waals surface area contributed by atoms with Crippen LogP contribution in [-0.2, 0) is 0 Å². The lowest BCUT2D eigenvalue weighted by molar-refractivity contribution is 0.358. The molecule has 0 aliphatic heterocycles. The summed E-state index contributed by atoms with van der Waals surface area (Å²) in [5.41, 5.74) is 24.8. The Balaban J connectivity index is 1.93. The van der Waals surface area contributed by atoms with Crippen molar-refractivity contribution in [1.82, 2.24) is 0 Å². The predicted octanol–water partition coefficient (Wildman–Crippen LogP) is 9.20. The van der Waals surface area contributed by atoms with E-state index in [0.29, 0.717) is 22.9 Å². The molecule has 6 aromatic rings. The number of methoxy groups -OCH3 is 2. The SMILES string of the molecule is COc1c(N)ccc(-c2c(-c3ccccc3)c(-c3ccccc3)c(N)c(-c3ccccc3)c2-c2ccccc2)c1OC. The number of anilines is 2. The van der Waals surface area contributed by atoms with E-state index in [4.69, 9.17) is 20.9 Å². The molecular weight excluding hydrogens is 516 g/mol. The Morgan fingerprint density at radius 2 is 0.738 bits per heavy atom. The maximum atomic E-state index is 7.35. The molecule has 42 heavy (non-hydrogen) atoms. The molecule has 0 saturated heterocycles. The number of nitrogens with two attached hydrogens (primary N) is 2. The van der Waals surface area contributed by atoms with E-state index in [2.05, 4.69) is 72.8 Å². The van der Waals surface area contributed by atoms with Crippen molar-refractivity contribution in [3.05, 3.63) is 133 Å². The van der Waals surface area contributed by atoms with E-state index in [-0.39, 0.29) is 0 Å². The molecule has 4 nitrogen and oxygen atoms in total. The number of ether oxygens (including phenoxy) is 2. The minimum Gasteiger partial charge on any atom is -0.492 e. The lowest BCUT2D eigenvalue weighted by Crippen LogP contribution is -2.05. The van der Waals surface area contributed by atoms with E-state index in [9.17, 15) is 0 Å². The van der Waals surface area contributed by atoms with E-state index < -0.39 is 0 Å². The normalized spacial score (nSPS) is 10.8. The van der Waals surface area contributed by atoms with Crippen LogP contribution in [0.5, 0.6) is 11.5 Å².